The lowest BCUT2D eigenvalue weighted by atomic mass is 10.1. The molecular weight excluding hydrogens is 318 g/mol. The van der Waals surface area contributed by atoms with E-state index in [4.69, 9.17) is 10.8 Å². The van der Waals surface area contributed by atoms with Gasteiger partial charge in [0, 0.05) is 17.1 Å². The first-order valence-electron chi connectivity index (χ1n) is 5.33. The number of pyridine rings is 1. The van der Waals surface area contributed by atoms with Gasteiger partial charge in [-0.25, -0.2) is 9.78 Å². The molecule has 0 saturated carbocycles. The Morgan fingerprint density at radius 1 is 1.42 bits per heavy atom. The molecule has 1 heterocycles. The fourth-order valence-electron chi connectivity index (χ4n) is 1.29. The van der Waals surface area contributed by atoms with Gasteiger partial charge in [-0.05, 0) is 34.5 Å². The van der Waals surface area contributed by atoms with Gasteiger partial charge >= 0.3 is 5.97 Å². The molecule has 0 aliphatic heterocycles. The maximum absolute atomic E-state index is 11.7. The summed E-state index contributed by atoms with van der Waals surface area (Å²) in [5.74, 6) is -2.47. The number of aromatic nitrogens is 1. The number of rotatable bonds is 6. The minimum absolute atomic E-state index is 0.0626. The number of carbonyl (C=O) groups excluding carboxylic acids is 2. The average molecular weight is 330 g/mol. The zero-order chi connectivity index (χ0) is 14.4. The van der Waals surface area contributed by atoms with E-state index in [1.165, 1.54) is 12.3 Å². The molecule has 1 atom stereocenters. The number of hydrogen-bond donors (Lipinski definition) is 3. The number of aliphatic carboxylic acids is 1. The van der Waals surface area contributed by atoms with Crippen molar-refractivity contribution in [1.82, 2.24) is 10.3 Å². The van der Waals surface area contributed by atoms with Crippen molar-refractivity contribution in [3.8, 4) is 0 Å². The van der Waals surface area contributed by atoms with Crippen molar-refractivity contribution in [1.29, 1.82) is 0 Å². The van der Waals surface area contributed by atoms with Crippen LogP contribution in [0.1, 0.15) is 23.3 Å². The number of carbonyl (C=O) groups is 3. The molecule has 19 heavy (non-hydrogen) atoms. The highest BCUT2D eigenvalue weighted by Gasteiger charge is 2.21. The minimum Gasteiger partial charge on any atom is -0.480 e. The normalized spacial score (nSPS) is 11.6. The Hall–Kier alpha value is -1.96. The summed E-state index contributed by atoms with van der Waals surface area (Å²) < 4.78 is 0.701. The third-order valence-electron chi connectivity index (χ3n) is 2.24. The Bertz CT molecular complexity index is 489. The predicted octanol–water partition coefficient (Wildman–Crippen LogP) is 0.293. The van der Waals surface area contributed by atoms with Gasteiger partial charge in [0.05, 0.1) is 0 Å². The van der Waals surface area contributed by atoms with Crippen LogP contribution in [0, 0.1) is 0 Å². The Kier molecular flexibility index (Phi) is 5.43. The Balaban J connectivity index is 2.68. The third-order valence-corrected chi connectivity index (χ3v) is 2.71. The van der Waals surface area contributed by atoms with Gasteiger partial charge in [0.2, 0.25) is 5.91 Å². The van der Waals surface area contributed by atoms with Gasteiger partial charge in [0.1, 0.15) is 11.7 Å². The molecule has 1 rings (SSSR count). The summed E-state index contributed by atoms with van der Waals surface area (Å²) >= 11 is 3.17. The van der Waals surface area contributed by atoms with Crippen LogP contribution in [0.25, 0.3) is 0 Å². The van der Waals surface area contributed by atoms with Crippen LogP contribution in [-0.2, 0) is 9.59 Å². The van der Waals surface area contributed by atoms with Crippen molar-refractivity contribution < 1.29 is 19.5 Å². The lowest BCUT2D eigenvalue weighted by molar-refractivity contribution is -0.139. The van der Waals surface area contributed by atoms with E-state index >= 15 is 0 Å². The van der Waals surface area contributed by atoms with E-state index in [0.29, 0.717) is 4.47 Å². The summed E-state index contributed by atoms with van der Waals surface area (Å²) in [7, 11) is 0. The minimum atomic E-state index is -1.23. The van der Waals surface area contributed by atoms with Gasteiger partial charge in [-0.15, -0.1) is 0 Å². The molecule has 4 N–H and O–H groups in total. The molecule has 1 unspecified atom stereocenters. The highest BCUT2D eigenvalue weighted by atomic mass is 79.9. The maximum Gasteiger partial charge on any atom is 0.326 e. The van der Waals surface area contributed by atoms with Crippen LogP contribution in [0.4, 0.5) is 0 Å². The smallest absolute Gasteiger partial charge is 0.326 e. The van der Waals surface area contributed by atoms with Gasteiger partial charge < -0.3 is 16.2 Å². The first kappa shape index (κ1) is 15.1. The number of primary amides is 1. The standard InChI is InChI=1S/C11H12BrN3O4/c12-6-1-2-7(14-5-6)10(17)15-8(11(18)19)3-4-9(13)16/h1-2,5,8H,3-4H2,(H2,13,16)(H,15,17)(H,18,19). The summed E-state index contributed by atoms with van der Waals surface area (Å²) in [6.45, 7) is 0. The Morgan fingerprint density at radius 3 is 2.58 bits per heavy atom. The van der Waals surface area contributed by atoms with Crippen LogP contribution in [0.2, 0.25) is 0 Å². The molecule has 0 spiro atoms. The second-order valence-corrected chi connectivity index (χ2v) is 4.65. The van der Waals surface area contributed by atoms with E-state index in [-0.39, 0.29) is 18.5 Å². The van der Waals surface area contributed by atoms with Crippen LogP contribution < -0.4 is 11.1 Å². The lowest BCUT2D eigenvalue weighted by Crippen LogP contribution is -2.41. The number of carboxylic acids is 1. The topological polar surface area (TPSA) is 122 Å². The highest BCUT2D eigenvalue weighted by molar-refractivity contribution is 9.10. The summed E-state index contributed by atoms with van der Waals surface area (Å²) in [4.78, 5) is 37.1. The van der Waals surface area contributed by atoms with Crippen molar-refractivity contribution >= 4 is 33.7 Å². The van der Waals surface area contributed by atoms with Crippen LogP contribution in [0.3, 0.4) is 0 Å². The zero-order valence-corrected chi connectivity index (χ0v) is 11.4. The Labute approximate surface area is 117 Å². The van der Waals surface area contributed by atoms with Crippen LogP contribution >= 0.6 is 15.9 Å². The lowest BCUT2D eigenvalue weighted by Gasteiger charge is -2.13. The van der Waals surface area contributed by atoms with E-state index in [2.05, 4.69) is 26.2 Å². The molecule has 2 amide bonds. The van der Waals surface area contributed by atoms with Crippen molar-refractivity contribution in [2.75, 3.05) is 0 Å². The molecule has 0 bridgehead atoms. The number of hydrogen-bond acceptors (Lipinski definition) is 4. The van der Waals surface area contributed by atoms with Gasteiger partial charge in [-0.1, -0.05) is 0 Å². The summed E-state index contributed by atoms with van der Waals surface area (Å²) in [6, 6.07) is 1.89. The molecule has 1 aromatic heterocycles. The highest BCUT2D eigenvalue weighted by Crippen LogP contribution is 2.08. The molecule has 0 aromatic carbocycles. The molecule has 0 aliphatic rings. The monoisotopic (exact) mass is 329 g/mol. The molecule has 7 nitrogen and oxygen atoms in total. The fourth-order valence-corrected chi connectivity index (χ4v) is 1.52. The van der Waals surface area contributed by atoms with E-state index in [9.17, 15) is 14.4 Å². The Morgan fingerprint density at radius 2 is 2.11 bits per heavy atom. The maximum atomic E-state index is 11.7. The van der Waals surface area contributed by atoms with Gasteiger partial charge in [-0.3, -0.25) is 9.59 Å². The summed E-state index contributed by atoms with van der Waals surface area (Å²) in [6.07, 6.45) is 1.24. The van der Waals surface area contributed by atoms with E-state index < -0.39 is 23.8 Å². The van der Waals surface area contributed by atoms with E-state index in [0.717, 1.165) is 0 Å². The third kappa shape index (κ3) is 5.04. The SMILES string of the molecule is NC(=O)CCC(NC(=O)c1ccc(Br)cn1)C(=O)O. The van der Waals surface area contributed by atoms with Crippen molar-refractivity contribution in [3.63, 3.8) is 0 Å². The average Bonchev–Trinajstić information content (AvgIpc) is 2.34. The molecule has 1 aromatic rings. The summed E-state index contributed by atoms with van der Waals surface area (Å²) in [5, 5.41) is 11.2. The van der Waals surface area contributed by atoms with Crippen LogP contribution in [-0.4, -0.2) is 33.9 Å². The van der Waals surface area contributed by atoms with E-state index in [1.807, 2.05) is 0 Å². The molecule has 102 valence electrons. The zero-order valence-electron chi connectivity index (χ0n) is 9.80. The molecule has 0 fully saturated rings. The first-order valence-corrected chi connectivity index (χ1v) is 6.13. The number of nitrogens with two attached hydrogens (primary N) is 1. The van der Waals surface area contributed by atoms with Gasteiger partial charge in [-0.2, -0.15) is 0 Å². The van der Waals surface area contributed by atoms with Crippen LogP contribution in [0.5, 0.6) is 0 Å². The van der Waals surface area contributed by atoms with Gasteiger partial charge in [0.25, 0.3) is 5.91 Å². The largest absolute Gasteiger partial charge is 0.480 e. The number of carboxylic acid groups (broad SMARTS) is 1. The molecule has 8 heteroatoms. The molecule has 0 radical (unpaired) electrons. The number of nitrogens with zero attached hydrogens (tertiary/aromatic N) is 1. The second-order valence-electron chi connectivity index (χ2n) is 3.73. The molecule has 0 aliphatic carbocycles. The number of halogens is 1. The van der Waals surface area contributed by atoms with Crippen molar-refractivity contribution in [2.45, 2.75) is 18.9 Å². The quantitative estimate of drug-likeness (QED) is 0.692. The van der Waals surface area contributed by atoms with Crippen molar-refractivity contribution in [2.24, 2.45) is 5.73 Å². The fraction of sp³-hybridized carbons (Fsp3) is 0.273. The summed E-state index contributed by atoms with van der Waals surface area (Å²) in [5.41, 5.74) is 5.03. The second kappa shape index (κ2) is 6.83. The predicted molar refractivity (Wildman–Crippen MR) is 69.3 cm³/mol. The first-order chi connectivity index (χ1) is 8.90. The molecule has 0 saturated heterocycles. The van der Waals surface area contributed by atoms with Crippen molar-refractivity contribution in [3.05, 3.63) is 28.5 Å². The number of amides is 2. The van der Waals surface area contributed by atoms with Gasteiger partial charge in [0.15, 0.2) is 0 Å². The van der Waals surface area contributed by atoms with E-state index in [1.54, 1.807) is 6.07 Å². The van der Waals surface area contributed by atoms with Crippen LogP contribution in [0.15, 0.2) is 22.8 Å². The number of nitrogens with one attached hydrogen (secondary N) is 1. The molecular formula is C11H12BrN3O4.